The first-order valence-corrected chi connectivity index (χ1v) is 8.38. The Morgan fingerprint density at radius 2 is 1.92 bits per heavy atom. The molecular weight excluding hydrogens is 336 g/mol. The first-order chi connectivity index (χ1) is 11.4. The quantitative estimate of drug-likeness (QED) is 0.730. The first kappa shape index (κ1) is 15.9. The molecule has 124 valence electrons. The average molecular weight is 348 g/mol. The lowest BCUT2D eigenvalue weighted by Gasteiger charge is -2.09. The van der Waals surface area contributed by atoms with E-state index in [0.717, 1.165) is 6.07 Å². The number of anilines is 1. The number of benzene rings is 1. The van der Waals surface area contributed by atoms with E-state index in [1.807, 2.05) is 0 Å². The van der Waals surface area contributed by atoms with E-state index in [1.165, 1.54) is 29.1 Å². The smallest absolute Gasteiger partial charge is 0.372 e. The van der Waals surface area contributed by atoms with Gasteiger partial charge in [-0.2, -0.15) is 0 Å². The van der Waals surface area contributed by atoms with Gasteiger partial charge in [0, 0.05) is 18.9 Å². The van der Waals surface area contributed by atoms with Crippen LogP contribution < -0.4 is 16.1 Å². The summed E-state index contributed by atoms with van der Waals surface area (Å²) in [4.78, 5) is 30.9. The topological polar surface area (TPSA) is 124 Å². The molecule has 0 atom stereocenters. The van der Waals surface area contributed by atoms with Crippen LogP contribution in [0.4, 0.5) is 5.95 Å². The van der Waals surface area contributed by atoms with Gasteiger partial charge >= 0.3 is 11.4 Å². The summed E-state index contributed by atoms with van der Waals surface area (Å²) in [6.07, 6.45) is 2.78. The maximum absolute atomic E-state index is 12.4. The van der Waals surface area contributed by atoms with Gasteiger partial charge in [-0.05, 0) is 31.2 Å². The molecule has 0 aliphatic rings. The first-order valence-electron chi connectivity index (χ1n) is 6.90. The molecule has 0 bridgehead atoms. The number of nitrogens with one attached hydrogen (secondary N) is 1. The fourth-order valence-electron chi connectivity index (χ4n) is 2.20. The van der Waals surface area contributed by atoms with Gasteiger partial charge in [-0.25, -0.2) is 32.7 Å². The molecule has 0 aliphatic heterocycles. The zero-order chi connectivity index (χ0) is 17.3. The number of fused-ring (bicyclic) bond motifs is 1. The lowest BCUT2D eigenvalue weighted by molar-refractivity contribution is 0.421. The van der Waals surface area contributed by atoms with E-state index < -0.39 is 21.4 Å². The lowest BCUT2D eigenvalue weighted by Crippen LogP contribution is -2.24. The molecule has 0 unspecified atom stereocenters. The van der Waals surface area contributed by atoms with E-state index in [2.05, 4.69) is 19.1 Å². The van der Waals surface area contributed by atoms with Gasteiger partial charge in [0.25, 0.3) is 10.0 Å². The molecule has 0 spiro atoms. The van der Waals surface area contributed by atoms with Crippen LogP contribution >= 0.6 is 0 Å². The van der Waals surface area contributed by atoms with E-state index in [4.69, 9.17) is 0 Å². The van der Waals surface area contributed by atoms with Crippen molar-refractivity contribution in [1.29, 1.82) is 0 Å². The van der Waals surface area contributed by atoms with Gasteiger partial charge in [-0.3, -0.25) is 4.57 Å². The Morgan fingerprint density at radius 1 is 1.21 bits per heavy atom. The number of hydrogen-bond acceptors (Lipinski definition) is 7. The molecule has 3 rings (SSSR count). The van der Waals surface area contributed by atoms with Crippen LogP contribution in [-0.2, 0) is 16.6 Å². The van der Waals surface area contributed by atoms with Crippen molar-refractivity contribution in [2.75, 3.05) is 4.72 Å². The Bertz CT molecular complexity index is 1120. The summed E-state index contributed by atoms with van der Waals surface area (Å²) in [5.41, 5.74) is -0.596. The van der Waals surface area contributed by atoms with Crippen molar-refractivity contribution in [1.82, 2.24) is 14.5 Å². The Hall–Kier alpha value is -3.01. The second-order valence-corrected chi connectivity index (χ2v) is 6.44. The minimum Gasteiger partial charge on any atom is -0.372 e. The summed E-state index contributed by atoms with van der Waals surface area (Å²) in [6.45, 7) is 1.99. The largest absolute Gasteiger partial charge is 0.422 e. The highest BCUT2D eigenvalue weighted by molar-refractivity contribution is 7.92. The van der Waals surface area contributed by atoms with Crippen LogP contribution in [-0.4, -0.2) is 23.0 Å². The molecule has 0 radical (unpaired) electrons. The number of sulfonamides is 1. The summed E-state index contributed by atoms with van der Waals surface area (Å²) < 4.78 is 32.8. The molecule has 2 aromatic heterocycles. The predicted molar refractivity (Wildman–Crippen MR) is 85.3 cm³/mol. The number of aryl methyl sites for hydroxylation is 1. The van der Waals surface area contributed by atoms with Gasteiger partial charge in [0.1, 0.15) is 0 Å². The zero-order valence-electron chi connectivity index (χ0n) is 12.5. The highest BCUT2D eigenvalue weighted by Gasteiger charge is 2.18. The number of aromatic nitrogens is 3. The van der Waals surface area contributed by atoms with Crippen LogP contribution in [0.15, 0.2) is 55.6 Å². The molecule has 0 fully saturated rings. The predicted octanol–water partition coefficient (Wildman–Crippen LogP) is 0.565. The van der Waals surface area contributed by atoms with E-state index in [-0.39, 0.29) is 22.8 Å². The monoisotopic (exact) mass is 348 g/mol. The highest BCUT2D eigenvalue weighted by atomic mass is 32.2. The third-order valence-electron chi connectivity index (χ3n) is 3.30. The molecular formula is C14H12N4O5S. The van der Waals surface area contributed by atoms with Crippen molar-refractivity contribution in [2.45, 2.75) is 18.4 Å². The molecule has 0 saturated carbocycles. The van der Waals surface area contributed by atoms with Crippen LogP contribution in [0.1, 0.15) is 6.92 Å². The molecule has 1 aromatic carbocycles. The number of rotatable bonds is 4. The van der Waals surface area contributed by atoms with Gasteiger partial charge in [-0.15, -0.1) is 0 Å². The maximum Gasteiger partial charge on any atom is 0.422 e. The Kier molecular flexibility index (Phi) is 3.89. The van der Waals surface area contributed by atoms with Crippen LogP contribution in [0.3, 0.4) is 0 Å². The number of nitrogens with zero attached hydrogens (tertiary/aromatic N) is 3. The fraction of sp³-hybridized carbons (Fsp3) is 0.143. The second-order valence-electron chi connectivity index (χ2n) is 4.76. The van der Waals surface area contributed by atoms with Gasteiger partial charge in [0.15, 0.2) is 0 Å². The molecule has 3 aromatic rings. The van der Waals surface area contributed by atoms with Crippen LogP contribution in [0.5, 0.6) is 0 Å². The van der Waals surface area contributed by atoms with Crippen molar-refractivity contribution in [2.24, 2.45) is 0 Å². The zero-order valence-corrected chi connectivity index (χ0v) is 13.3. The summed E-state index contributed by atoms with van der Waals surface area (Å²) >= 11 is 0. The van der Waals surface area contributed by atoms with Crippen molar-refractivity contribution in [3.8, 4) is 0 Å². The van der Waals surface area contributed by atoms with Gasteiger partial charge < -0.3 is 4.42 Å². The highest BCUT2D eigenvalue weighted by Crippen LogP contribution is 2.17. The van der Waals surface area contributed by atoms with Crippen molar-refractivity contribution >= 4 is 26.9 Å². The van der Waals surface area contributed by atoms with Crippen molar-refractivity contribution in [3.63, 3.8) is 0 Å². The normalized spacial score (nSPS) is 11.5. The van der Waals surface area contributed by atoms with Crippen LogP contribution in [0.2, 0.25) is 0 Å². The number of hydrogen-bond donors (Lipinski definition) is 1. The van der Waals surface area contributed by atoms with Crippen molar-refractivity contribution < 1.29 is 12.8 Å². The maximum atomic E-state index is 12.4. The molecule has 9 nitrogen and oxygen atoms in total. The van der Waals surface area contributed by atoms with E-state index in [1.54, 1.807) is 13.0 Å². The summed E-state index contributed by atoms with van der Waals surface area (Å²) in [6, 6.07) is 5.37. The van der Waals surface area contributed by atoms with Crippen LogP contribution in [0.25, 0.3) is 10.9 Å². The van der Waals surface area contributed by atoms with E-state index in [9.17, 15) is 18.0 Å². The summed E-state index contributed by atoms with van der Waals surface area (Å²) in [7, 11) is -3.99. The van der Waals surface area contributed by atoms with Gasteiger partial charge in [0.2, 0.25) is 5.95 Å². The SMILES string of the molecule is CCn1c(=O)oc(=O)c2cc(S(=O)(=O)Nc3ncccn3)ccc21. The Balaban J connectivity index is 2.14. The second kappa shape index (κ2) is 5.89. The molecule has 0 aliphatic carbocycles. The van der Waals surface area contributed by atoms with Crippen LogP contribution in [0, 0.1) is 0 Å². The third kappa shape index (κ3) is 2.78. The summed E-state index contributed by atoms with van der Waals surface area (Å²) in [5, 5.41) is -0.00620. The molecule has 0 amide bonds. The molecule has 0 saturated heterocycles. The van der Waals surface area contributed by atoms with E-state index in [0.29, 0.717) is 5.52 Å². The van der Waals surface area contributed by atoms with E-state index >= 15 is 0 Å². The average Bonchev–Trinajstić information content (AvgIpc) is 2.55. The third-order valence-corrected chi connectivity index (χ3v) is 4.62. The minimum absolute atomic E-state index is 0.00620. The van der Waals surface area contributed by atoms with Crippen molar-refractivity contribution in [3.05, 3.63) is 57.6 Å². The molecule has 24 heavy (non-hydrogen) atoms. The van der Waals surface area contributed by atoms with Gasteiger partial charge in [0.05, 0.1) is 15.8 Å². The minimum atomic E-state index is -3.99. The standard InChI is InChI=1S/C14H12N4O5S/c1-2-18-11-5-4-9(8-10(11)12(19)23-14(18)20)24(21,22)17-13-15-6-3-7-16-13/h3-8H,2H2,1H3,(H,15,16,17). The summed E-state index contributed by atoms with van der Waals surface area (Å²) in [5.74, 6) is -0.885. The Labute approximate surface area is 135 Å². The molecule has 1 N–H and O–H groups in total. The Morgan fingerprint density at radius 3 is 2.58 bits per heavy atom. The fourth-order valence-corrected chi connectivity index (χ4v) is 3.18. The molecule has 10 heteroatoms. The van der Waals surface area contributed by atoms with Gasteiger partial charge in [-0.1, -0.05) is 0 Å². The molecule has 2 heterocycles. The lowest BCUT2D eigenvalue weighted by atomic mass is 10.2.